The molecule has 22 heavy (non-hydrogen) atoms. The van der Waals surface area contributed by atoms with Crippen molar-refractivity contribution in [1.29, 1.82) is 0 Å². The van der Waals surface area contributed by atoms with Crippen molar-refractivity contribution in [2.45, 2.75) is 0 Å². The van der Waals surface area contributed by atoms with E-state index in [9.17, 15) is 4.39 Å². The van der Waals surface area contributed by atoms with Crippen molar-refractivity contribution in [3.63, 3.8) is 0 Å². The molecule has 6 heteroatoms. The zero-order valence-corrected chi connectivity index (χ0v) is 11.8. The van der Waals surface area contributed by atoms with E-state index in [1.54, 1.807) is 12.1 Å². The maximum absolute atomic E-state index is 13.5. The Morgan fingerprint density at radius 1 is 1.05 bits per heavy atom. The quantitative estimate of drug-likeness (QED) is 0.617. The minimum Gasteiger partial charge on any atom is -0.372 e. The number of halogens is 1. The van der Waals surface area contributed by atoms with Crippen molar-refractivity contribution in [2.75, 3.05) is 12.4 Å². The first-order chi connectivity index (χ1) is 10.8. The molecule has 0 bridgehead atoms. The zero-order valence-electron chi connectivity index (χ0n) is 11.8. The molecule has 1 N–H and O–H groups in total. The number of hydrogen-bond acceptors (Lipinski definition) is 4. The van der Waals surface area contributed by atoms with E-state index in [4.69, 9.17) is 0 Å². The van der Waals surface area contributed by atoms with Gasteiger partial charge in [-0.05, 0) is 24.3 Å². The van der Waals surface area contributed by atoms with Gasteiger partial charge in [0, 0.05) is 18.0 Å². The van der Waals surface area contributed by atoms with Gasteiger partial charge in [0.15, 0.2) is 5.82 Å². The van der Waals surface area contributed by atoms with E-state index >= 15 is 0 Å². The largest absolute Gasteiger partial charge is 0.372 e. The van der Waals surface area contributed by atoms with Crippen LogP contribution in [0.15, 0.2) is 48.5 Å². The van der Waals surface area contributed by atoms with Crippen LogP contribution in [0.5, 0.6) is 0 Å². The van der Waals surface area contributed by atoms with Crippen molar-refractivity contribution in [1.82, 2.24) is 19.6 Å². The summed E-state index contributed by atoms with van der Waals surface area (Å²) in [6, 6.07) is 14.1. The maximum Gasteiger partial charge on any atom is 0.257 e. The van der Waals surface area contributed by atoms with Crippen LogP contribution in [0.4, 0.5) is 10.2 Å². The topological polar surface area (TPSA) is 55.1 Å². The van der Waals surface area contributed by atoms with Gasteiger partial charge in [-0.3, -0.25) is 4.40 Å². The number of nitrogens with one attached hydrogen (secondary N) is 1. The second-order valence-electron chi connectivity index (χ2n) is 4.90. The molecule has 0 aliphatic rings. The molecule has 0 saturated carbocycles. The summed E-state index contributed by atoms with van der Waals surface area (Å²) in [5.41, 5.74) is 1.58. The molecule has 5 nitrogen and oxygen atoms in total. The fourth-order valence-corrected chi connectivity index (χ4v) is 2.60. The van der Waals surface area contributed by atoms with E-state index in [1.807, 2.05) is 35.7 Å². The predicted molar refractivity (Wildman–Crippen MR) is 83.2 cm³/mol. The van der Waals surface area contributed by atoms with Gasteiger partial charge in [0.25, 0.3) is 5.78 Å². The van der Waals surface area contributed by atoms with Crippen molar-refractivity contribution in [2.24, 2.45) is 0 Å². The highest BCUT2D eigenvalue weighted by atomic mass is 19.1. The van der Waals surface area contributed by atoms with Gasteiger partial charge in [0.05, 0.1) is 5.52 Å². The summed E-state index contributed by atoms with van der Waals surface area (Å²) in [6.07, 6.45) is 0. The minimum atomic E-state index is -0.307. The molecule has 4 rings (SSSR count). The van der Waals surface area contributed by atoms with Gasteiger partial charge < -0.3 is 5.32 Å². The van der Waals surface area contributed by atoms with E-state index in [0.29, 0.717) is 17.2 Å². The smallest absolute Gasteiger partial charge is 0.257 e. The van der Waals surface area contributed by atoms with Crippen LogP contribution in [0.2, 0.25) is 0 Å². The fourth-order valence-electron chi connectivity index (χ4n) is 2.60. The first-order valence-corrected chi connectivity index (χ1v) is 6.85. The van der Waals surface area contributed by atoms with Gasteiger partial charge in [-0.25, -0.2) is 4.39 Å². The van der Waals surface area contributed by atoms with E-state index in [1.165, 1.54) is 12.1 Å². The Morgan fingerprint density at radius 2 is 1.91 bits per heavy atom. The maximum atomic E-state index is 13.5. The summed E-state index contributed by atoms with van der Waals surface area (Å²) in [7, 11) is 1.81. The second-order valence-corrected chi connectivity index (χ2v) is 4.90. The Bertz CT molecular complexity index is 992. The summed E-state index contributed by atoms with van der Waals surface area (Å²) in [6.45, 7) is 0. The molecule has 0 atom stereocenters. The molecule has 0 spiro atoms. The molecule has 0 unspecified atom stereocenters. The minimum absolute atomic E-state index is 0.307. The van der Waals surface area contributed by atoms with Crippen LogP contribution in [0.3, 0.4) is 0 Å². The number of para-hydroxylation sites is 1. The van der Waals surface area contributed by atoms with E-state index in [-0.39, 0.29) is 5.82 Å². The number of benzene rings is 2. The average molecular weight is 293 g/mol. The molecule has 2 heterocycles. The van der Waals surface area contributed by atoms with Crippen LogP contribution in [0.25, 0.3) is 28.1 Å². The van der Waals surface area contributed by atoms with Crippen molar-refractivity contribution >= 4 is 22.5 Å². The molecular weight excluding hydrogens is 281 g/mol. The number of nitrogens with zero attached hydrogens (tertiary/aromatic N) is 4. The molecule has 2 aromatic carbocycles. The molecule has 0 saturated heterocycles. The highest BCUT2D eigenvalue weighted by Crippen LogP contribution is 2.26. The van der Waals surface area contributed by atoms with E-state index in [2.05, 4.69) is 20.5 Å². The molecule has 0 amide bonds. The van der Waals surface area contributed by atoms with Crippen molar-refractivity contribution in [3.8, 4) is 11.4 Å². The SMILES string of the molecule is CNc1nc2nnc(-c3cccc(F)c3)n2c2ccccc12. The van der Waals surface area contributed by atoms with Crippen LogP contribution in [0.1, 0.15) is 0 Å². The third-order valence-corrected chi connectivity index (χ3v) is 3.58. The highest BCUT2D eigenvalue weighted by molar-refractivity contribution is 5.92. The first-order valence-electron chi connectivity index (χ1n) is 6.85. The van der Waals surface area contributed by atoms with Gasteiger partial charge in [0.1, 0.15) is 11.6 Å². The van der Waals surface area contributed by atoms with Crippen molar-refractivity contribution < 1.29 is 4.39 Å². The summed E-state index contributed by atoms with van der Waals surface area (Å²) in [5, 5.41) is 12.3. The lowest BCUT2D eigenvalue weighted by molar-refractivity contribution is 0.628. The Kier molecular flexibility index (Phi) is 2.75. The lowest BCUT2D eigenvalue weighted by atomic mass is 10.2. The Balaban J connectivity index is 2.12. The van der Waals surface area contributed by atoms with Gasteiger partial charge in [0.2, 0.25) is 0 Å². The monoisotopic (exact) mass is 293 g/mol. The summed E-state index contributed by atoms with van der Waals surface area (Å²) in [5.74, 6) is 1.47. The normalized spacial score (nSPS) is 11.2. The third-order valence-electron chi connectivity index (χ3n) is 3.58. The summed E-state index contributed by atoms with van der Waals surface area (Å²) < 4.78 is 15.3. The van der Waals surface area contributed by atoms with E-state index in [0.717, 1.165) is 16.7 Å². The molecule has 108 valence electrons. The second kappa shape index (κ2) is 4.77. The molecule has 2 aromatic heterocycles. The Labute approximate surface area is 125 Å². The fraction of sp³-hybridized carbons (Fsp3) is 0.0625. The number of rotatable bonds is 2. The molecule has 0 radical (unpaired) electrons. The summed E-state index contributed by atoms with van der Waals surface area (Å²) >= 11 is 0. The molecule has 0 fully saturated rings. The van der Waals surface area contributed by atoms with Gasteiger partial charge in [-0.1, -0.05) is 24.3 Å². The average Bonchev–Trinajstić information content (AvgIpc) is 2.98. The number of anilines is 1. The van der Waals surface area contributed by atoms with E-state index < -0.39 is 0 Å². The number of aromatic nitrogens is 4. The number of fused-ring (bicyclic) bond motifs is 3. The standard InChI is InChI=1S/C16H12FN5/c1-18-14-12-7-2-3-8-13(12)22-15(20-21-16(22)19-14)10-5-4-6-11(17)9-10/h2-9H,1H3,(H,18,19,21). The highest BCUT2D eigenvalue weighted by Gasteiger charge is 2.14. The predicted octanol–water partition coefficient (Wildman–Crippen LogP) is 3.13. The first kappa shape index (κ1) is 12.7. The van der Waals surface area contributed by atoms with Gasteiger partial charge in [-0.2, -0.15) is 4.98 Å². The van der Waals surface area contributed by atoms with Crippen LogP contribution in [0, 0.1) is 5.82 Å². The lowest BCUT2D eigenvalue weighted by Crippen LogP contribution is -2.00. The number of hydrogen-bond donors (Lipinski definition) is 1. The summed E-state index contributed by atoms with van der Waals surface area (Å²) in [4.78, 5) is 4.47. The molecular formula is C16H12FN5. The zero-order chi connectivity index (χ0) is 15.1. The third kappa shape index (κ3) is 1.81. The van der Waals surface area contributed by atoms with Crippen LogP contribution in [-0.2, 0) is 0 Å². The van der Waals surface area contributed by atoms with Gasteiger partial charge in [-0.15, -0.1) is 10.2 Å². The molecule has 0 aliphatic carbocycles. The molecule has 4 aromatic rings. The lowest BCUT2D eigenvalue weighted by Gasteiger charge is -2.08. The Morgan fingerprint density at radius 3 is 2.73 bits per heavy atom. The molecule has 0 aliphatic heterocycles. The van der Waals surface area contributed by atoms with Crippen LogP contribution in [-0.4, -0.2) is 26.6 Å². The van der Waals surface area contributed by atoms with Gasteiger partial charge >= 0.3 is 0 Å². The van der Waals surface area contributed by atoms with Crippen LogP contribution >= 0.6 is 0 Å². The van der Waals surface area contributed by atoms with Crippen molar-refractivity contribution in [3.05, 3.63) is 54.3 Å². The Hall–Kier alpha value is -3.02. The van der Waals surface area contributed by atoms with Crippen LogP contribution < -0.4 is 5.32 Å².